The van der Waals surface area contributed by atoms with Crippen molar-refractivity contribution in [3.63, 3.8) is 0 Å². The van der Waals surface area contributed by atoms with E-state index in [1.807, 2.05) is 12.3 Å². The number of benzene rings is 6. The molecule has 3 heterocycles. The second kappa shape index (κ2) is 18.1. The first-order valence-corrected chi connectivity index (χ1v) is 23.8. The summed E-state index contributed by atoms with van der Waals surface area (Å²) in [4.78, 5) is 10.5. The maximum atomic E-state index is 7.06. The van der Waals surface area contributed by atoms with E-state index in [0.717, 1.165) is 72.6 Å². The summed E-state index contributed by atoms with van der Waals surface area (Å²) in [5.41, 5.74) is 14.6. The number of para-hydroxylation sites is 4. The van der Waals surface area contributed by atoms with Crippen LogP contribution in [0, 0.1) is 12.1 Å². The standard InChI is InChI=1S/C60H64N4O2.Pt/c1-35(2)45-21-19-22-46(36(3)4)54(45)64-51-24-17-16-23-50(51)62-58(64)40-29-42(60(12,13)14)33-44(31-40)65-43-30-39(28-41(32-43)59(9,10)11)57-61-26-27-63(57)55-48(37(5)6)34-49-47-20-15-18-25-52(47)66-56(49)53(55)38(7)8;/h15-29,32-38H,1-14H3;/q-2;+2. The van der Waals surface area contributed by atoms with Gasteiger partial charge in [-0.25, -0.2) is 0 Å². The summed E-state index contributed by atoms with van der Waals surface area (Å²) in [6.07, 6.45) is 3.97. The van der Waals surface area contributed by atoms with E-state index in [0.29, 0.717) is 23.3 Å². The molecule has 0 atom stereocenters. The Kier molecular flexibility index (Phi) is 12.9. The van der Waals surface area contributed by atoms with Gasteiger partial charge in [0.25, 0.3) is 0 Å². The van der Waals surface area contributed by atoms with Crippen LogP contribution >= 0.6 is 0 Å². The van der Waals surface area contributed by atoms with Crippen LogP contribution in [0.1, 0.15) is 154 Å². The molecular weight excluding hydrogens is 1000 g/mol. The van der Waals surface area contributed by atoms with Gasteiger partial charge in [0.2, 0.25) is 0 Å². The molecule has 0 N–H and O–H groups in total. The molecule has 0 saturated carbocycles. The van der Waals surface area contributed by atoms with Gasteiger partial charge in [0.05, 0.1) is 22.7 Å². The maximum absolute atomic E-state index is 7.06. The van der Waals surface area contributed by atoms with Crippen molar-refractivity contribution in [3.8, 4) is 45.6 Å². The predicted octanol–water partition coefficient (Wildman–Crippen LogP) is 16.9. The van der Waals surface area contributed by atoms with Crippen molar-refractivity contribution in [3.05, 3.63) is 155 Å². The van der Waals surface area contributed by atoms with E-state index >= 15 is 0 Å². The zero-order valence-electron chi connectivity index (χ0n) is 41.6. The number of imidazole rings is 2. The number of ether oxygens (including phenoxy) is 1. The topological polar surface area (TPSA) is 58.0 Å². The van der Waals surface area contributed by atoms with Gasteiger partial charge in [-0.3, -0.25) is 9.97 Å². The molecule has 0 amide bonds. The quantitative estimate of drug-likeness (QED) is 0.128. The summed E-state index contributed by atoms with van der Waals surface area (Å²) in [6.45, 7) is 31.6. The molecule has 6 aromatic carbocycles. The third kappa shape index (κ3) is 8.83. The van der Waals surface area contributed by atoms with Gasteiger partial charge in [0.15, 0.2) is 0 Å². The average molecular weight is 1070 g/mol. The Morgan fingerprint density at radius 1 is 0.582 bits per heavy atom. The molecule has 0 fully saturated rings. The molecule has 0 unspecified atom stereocenters. The fourth-order valence-corrected chi connectivity index (χ4v) is 9.45. The number of rotatable bonds is 10. The van der Waals surface area contributed by atoms with Gasteiger partial charge in [-0.2, -0.15) is 0 Å². The van der Waals surface area contributed by atoms with Crippen molar-refractivity contribution < 1.29 is 30.2 Å². The molecule has 67 heavy (non-hydrogen) atoms. The van der Waals surface area contributed by atoms with E-state index in [9.17, 15) is 0 Å². The molecule has 6 nitrogen and oxygen atoms in total. The fourth-order valence-electron chi connectivity index (χ4n) is 9.45. The molecule has 3 aromatic heterocycles. The van der Waals surface area contributed by atoms with Gasteiger partial charge in [-0.05, 0) is 75.5 Å². The first-order chi connectivity index (χ1) is 31.3. The normalized spacial score (nSPS) is 12.4. The van der Waals surface area contributed by atoms with Crippen molar-refractivity contribution in [1.29, 1.82) is 0 Å². The van der Waals surface area contributed by atoms with Crippen LogP contribution in [0.15, 0.2) is 114 Å². The number of furan rings is 1. The van der Waals surface area contributed by atoms with Crippen LogP contribution in [-0.4, -0.2) is 19.1 Å². The zero-order valence-corrected chi connectivity index (χ0v) is 43.9. The number of aromatic nitrogens is 4. The maximum Gasteiger partial charge on any atom is 2.00 e. The van der Waals surface area contributed by atoms with Gasteiger partial charge < -0.3 is 18.3 Å². The Labute approximate surface area is 412 Å². The monoisotopic (exact) mass is 1070 g/mol. The van der Waals surface area contributed by atoms with E-state index < -0.39 is 0 Å². The Morgan fingerprint density at radius 3 is 1.73 bits per heavy atom. The van der Waals surface area contributed by atoms with Crippen LogP contribution in [0.4, 0.5) is 0 Å². The number of fused-ring (bicyclic) bond motifs is 4. The Bertz CT molecular complexity index is 3250. The van der Waals surface area contributed by atoms with Crippen molar-refractivity contribution in [2.75, 3.05) is 0 Å². The number of hydrogen-bond donors (Lipinski definition) is 0. The SMILES string of the molecule is CC(C)c1cc2c(oc3ccccc32)c(C(C)C)c1-n1ccnc1-c1[c-]c(Oc2[c-]c(-c3nc4ccccc4n3-c3c(C(C)C)cccc3C(C)C)cc(C(C)(C)C)c2)cc(C(C)(C)C)c1.[Pt+2]. The van der Waals surface area contributed by atoms with Gasteiger partial charge in [-0.15, -0.1) is 34.4 Å². The molecular formula is C60H64N4O2Pt. The summed E-state index contributed by atoms with van der Waals surface area (Å²) in [5.74, 6) is 3.83. The van der Waals surface area contributed by atoms with Gasteiger partial charge in [0.1, 0.15) is 11.2 Å². The van der Waals surface area contributed by atoms with E-state index in [1.165, 1.54) is 27.9 Å². The van der Waals surface area contributed by atoms with E-state index in [4.69, 9.17) is 19.1 Å². The molecule has 346 valence electrons. The van der Waals surface area contributed by atoms with Crippen molar-refractivity contribution in [2.45, 2.75) is 131 Å². The van der Waals surface area contributed by atoms with Crippen LogP contribution in [0.25, 0.3) is 67.1 Å². The Morgan fingerprint density at radius 2 is 1.15 bits per heavy atom. The largest absolute Gasteiger partial charge is 2.00 e. The molecule has 9 aromatic rings. The second-order valence-corrected chi connectivity index (χ2v) is 21.4. The third-order valence-corrected chi connectivity index (χ3v) is 13.0. The number of nitrogens with zero attached hydrogens (tertiary/aromatic N) is 4. The van der Waals surface area contributed by atoms with E-state index in [2.05, 4.69) is 215 Å². The van der Waals surface area contributed by atoms with Crippen LogP contribution in [0.2, 0.25) is 0 Å². The molecule has 7 heteroatoms. The van der Waals surface area contributed by atoms with Crippen LogP contribution in [0.5, 0.6) is 11.5 Å². The van der Waals surface area contributed by atoms with E-state index in [-0.39, 0.29) is 43.7 Å². The summed E-state index contributed by atoms with van der Waals surface area (Å²) in [5, 5.41) is 2.28. The molecule has 0 bridgehead atoms. The molecule has 0 radical (unpaired) electrons. The molecule has 0 aliphatic heterocycles. The zero-order chi connectivity index (χ0) is 47.0. The first kappa shape index (κ1) is 47.8. The molecule has 0 saturated heterocycles. The molecule has 9 rings (SSSR count). The first-order valence-electron chi connectivity index (χ1n) is 23.8. The second-order valence-electron chi connectivity index (χ2n) is 21.4. The molecule has 0 spiro atoms. The average Bonchev–Trinajstić information content (AvgIpc) is 4.00. The smallest absolute Gasteiger partial charge is 0.497 e. The minimum atomic E-state index is -0.205. The van der Waals surface area contributed by atoms with Gasteiger partial charge in [0, 0.05) is 51.6 Å². The van der Waals surface area contributed by atoms with Gasteiger partial charge >= 0.3 is 21.1 Å². The Hall–Kier alpha value is -5.71. The minimum absolute atomic E-state index is 0. The minimum Gasteiger partial charge on any atom is -0.497 e. The van der Waals surface area contributed by atoms with Crippen LogP contribution in [0.3, 0.4) is 0 Å². The third-order valence-electron chi connectivity index (χ3n) is 13.0. The van der Waals surface area contributed by atoms with Crippen molar-refractivity contribution in [2.24, 2.45) is 0 Å². The fraction of sp³-hybridized carbons (Fsp3) is 0.333. The van der Waals surface area contributed by atoms with Crippen molar-refractivity contribution >= 4 is 33.0 Å². The van der Waals surface area contributed by atoms with Crippen LogP contribution < -0.4 is 4.74 Å². The number of hydrogen-bond acceptors (Lipinski definition) is 4. The predicted molar refractivity (Wildman–Crippen MR) is 274 cm³/mol. The molecule has 0 aliphatic rings. The summed E-state index contributed by atoms with van der Waals surface area (Å²) >= 11 is 0. The van der Waals surface area contributed by atoms with Crippen LogP contribution in [-0.2, 0) is 31.9 Å². The van der Waals surface area contributed by atoms with E-state index in [1.54, 1.807) is 0 Å². The van der Waals surface area contributed by atoms with Gasteiger partial charge in [-0.1, -0.05) is 170 Å². The van der Waals surface area contributed by atoms with Crippen molar-refractivity contribution in [1.82, 2.24) is 19.1 Å². The summed E-state index contributed by atoms with van der Waals surface area (Å²) < 4.78 is 18.4. The Balaban J connectivity index is 0.00000608. The summed E-state index contributed by atoms with van der Waals surface area (Å²) in [6, 6.07) is 42.0. The molecule has 0 aliphatic carbocycles. The summed E-state index contributed by atoms with van der Waals surface area (Å²) in [7, 11) is 0.